The summed E-state index contributed by atoms with van der Waals surface area (Å²) in [6.45, 7) is 1.98. The lowest BCUT2D eigenvalue weighted by molar-refractivity contribution is -0.121. The second-order valence-electron chi connectivity index (χ2n) is 4.89. The number of thiazole rings is 1. The van der Waals surface area contributed by atoms with Gasteiger partial charge in [-0.25, -0.2) is 4.98 Å². The Hall–Kier alpha value is -0.660. The van der Waals surface area contributed by atoms with E-state index in [-0.39, 0.29) is 30.7 Å². The van der Waals surface area contributed by atoms with Crippen LogP contribution in [0.2, 0.25) is 0 Å². The Morgan fingerprint density at radius 3 is 2.77 bits per heavy atom. The summed E-state index contributed by atoms with van der Waals surface area (Å²) in [6, 6.07) is 4.40. The van der Waals surface area contributed by atoms with Crippen molar-refractivity contribution in [2.45, 2.75) is 25.3 Å². The number of piperidine rings is 1. The van der Waals surface area contributed by atoms with E-state index in [0.29, 0.717) is 12.5 Å². The molecular formula is C14H19Cl2N3OS2. The highest BCUT2D eigenvalue weighted by atomic mass is 35.5. The van der Waals surface area contributed by atoms with Crippen molar-refractivity contribution >= 4 is 53.4 Å². The molecule has 0 radical (unpaired) electrons. The molecule has 4 nitrogen and oxygen atoms in total. The minimum absolute atomic E-state index is 0. The molecule has 3 rings (SSSR count). The molecule has 8 heteroatoms. The van der Waals surface area contributed by atoms with E-state index in [1.165, 1.54) is 4.88 Å². The summed E-state index contributed by atoms with van der Waals surface area (Å²) in [4.78, 5) is 17.7. The van der Waals surface area contributed by atoms with Crippen LogP contribution in [0.25, 0.3) is 9.88 Å². The van der Waals surface area contributed by atoms with E-state index >= 15 is 0 Å². The molecule has 2 N–H and O–H groups in total. The lowest BCUT2D eigenvalue weighted by Crippen LogP contribution is -2.43. The first-order valence-electron chi connectivity index (χ1n) is 6.79. The number of hydrogen-bond donors (Lipinski definition) is 2. The molecule has 0 bridgehead atoms. The Kier molecular flexibility index (Phi) is 8.35. The highest BCUT2D eigenvalue weighted by Crippen LogP contribution is 2.27. The SMILES string of the molecule is Cl.Cl.O=C(Cc1csc(-c2cccs2)n1)NC1CCNCC1. The Bertz CT molecular complexity index is 568. The fourth-order valence-electron chi connectivity index (χ4n) is 2.31. The molecule has 22 heavy (non-hydrogen) atoms. The average Bonchev–Trinajstić information content (AvgIpc) is 3.10. The molecular weight excluding hydrogens is 361 g/mol. The first-order chi connectivity index (χ1) is 9.81. The second kappa shape index (κ2) is 9.47. The zero-order valence-corrected chi connectivity index (χ0v) is 15.2. The number of aromatic nitrogens is 1. The molecule has 0 unspecified atom stereocenters. The molecule has 0 atom stereocenters. The van der Waals surface area contributed by atoms with Crippen LogP contribution in [0.3, 0.4) is 0 Å². The van der Waals surface area contributed by atoms with Crippen LogP contribution in [0, 0.1) is 0 Å². The summed E-state index contributed by atoms with van der Waals surface area (Å²) in [5.41, 5.74) is 0.866. The molecule has 1 aliphatic rings. The summed E-state index contributed by atoms with van der Waals surface area (Å²) < 4.78 is 0. The van der Waals surface area contributed by atoms with Crippen molar-refractivity contribution in [3.8, 4) is 9.88 Å². The van der Waals surface area contributed by atoms with Crippen molar-refractivity contribution in [2.75, 3.05) is 13.1 Å². The third-order valence-electron chi connectivity index (χ3n) is 3.33. The maximum Gasteiger partial charge on any atom is 0.226 e. The van der Waals surface area contributed by atoms with Gasteiger partial charge in [0.15, 0.2) is 0 Å². The largest absolute Gasteiger partial charge is 0.353 e. The summed E-state index contributed by atoms with van der Waals surface area (Å²) in [7, 11) is 0. The average molecular weight is 380 g/mol. The lowest BCUT2D eigenvalue weighted by atomic mass is 10.1. The summed E-state index contributed by atoms with van der Waals surface area (Å²) in [5, 5.41) is 11.4. The van der Waals surface area contributed by atoms with Crippen LogP contribution < -0.4 is 10.6 Å². The number of carbonyl (C=O) groups excluding carboxylic acids is 1. The molecule has 122 valence electrons. The van der Waals surface area contributed by atoms with Gasteiger partial charge in [-0.2, -0.15) is 0 Å². The molecule has 0 spiro atoms. The second-order valence-corrected chi connectivity index (χ2v) is 6.70. The molecule has 0 aromatic carbocycles. The summed E-state index contributed by atoms with van der Waals surface area (Å²) >= 11 is 3.28. The van der Waals surface area contributed by atoms with E-state index in [4.69, 9.17) is 0 Å². The van der Waals surface area contributed by atoms with Crippen molar-refractivity contribution in [1.29, 1.82) is 0 Å². The number of hydrogen-bond acceptors (Lipinski definition) is 5. The van der Waals surface area contributed by atoms with Gasteiger partial charge in [0.25, 0.3) is 0 Å². The summed E-state index contributed by atoms with van der Waals surface area (Å²) in [6.07, 6.45) is 2.41. The van der Waals surface area contributed by atoms with Gasteiger partial charge in [0.05, 0.1) is 17.0 Å². The van der Waals surface area contributed by atoms with Gasteiger partial charge < -0.3 is 10.6 Å². The van der Waals surface area contributed by atoms with Crippen molar-refractivity contribution in [3.63, 3.8) is 0 Å². The third kappa shape index (κ3) is 5.21. The van der Waals surface area contributed by atoms with Gasteiger partial charge in [-0.3, -0.25) is 4.79 Å². The van der Waals surface area contributed by atoms with Crippen LogP contribution in [-0.2, 0) is 11.2 Å². The molecule has 0 aliphatic carbocycles. The van der Waals surface area contributed by atoms with E-state index in [1.54, 1.807) is 22.7 Å². The molecule has 1 fully saturated rings. The summed E-state index contributed by atoms with van der Waals surface area (Å²) in [5.74, 6) is 0.0833. The minimum Gasteiger partial charge on any atom is -0.353 e. The predicted octanol–water partition coefficient (Wildman–Crippen LogP) is 3.13. The molecule has 1 saturated heterocycles. The number of nitrogens with zero attached hydrogens (tertiary/aromatic N) is 1. The van der Waals surface area contributed by atoms with Gasteiger partial charge in [0.2, 0.25) is 5.91 Å². The molecule has 0 saturated carbocycles. The van der Waals surface area contributed by atoms with Gasteiger partial charge in [-0.15, -0.1) is 47.5 Å². The maximum absolute atomic E-state index is 12.0. The monoisotopic (exact) mass is 379 g/mol. The van der Waals surface area contributed by atoms with E-state index < -0.39 is 0 Å². The predicted molar refractivity (Wildman–Crippen MR) is 97.7 cm³/mol. The number of amides is 1. The smallest absolute Gasteiger partial charge is 0.226 e. The highest BCUT2D eigenvalue weighted by molar-refractivity contribution is 7.20. The molecule has 1 aliphatic heterocycles. The zero-order chi connectivity index (χ0) is 13.8. The van der Waals surface area contributed by atoms with E-state index in [9.17, 15) is 4.79 Å². The topological polar surface area (TPSA) is 54.0 Å². The van der Waals surface area contributed by atoms with Crippen LogP contribution >= 0.6 is 47.5 Å². The van der Waals surface area contributed by atoms with Crippen LogP contribution in [0.4, 0.5) is 0 Å². The lowest BCUT2D eigenvalue weighted by Gasteiger charge is -2.23. The number of thiophene rings is 1. The third-order valence-corrected chi connectivity index (χ3v) is 5.26. The van der Waals surface area contributed by atoms with Gasteiger partial charge >= 0.3 is 0 Å². The van der Waals surface area contributed by atoms with Crippen molar-refractivity contribution in [1.82, 2.24) is 15.6 Å². The first kappa shape index (κ1) is 19.4. The van der Waals surface area contributed by atoms with Gasteiger partial charge in [-0.05, 0) is 37.4 Å². The molecule has 2 aromatic rings. The molecule has 3 heterocycles. The van der Waals surface area contributed by atoms with E-state index in [0.717, 1.165) is 36.6 Å². The van der Waals surface area contributed by atoms with Crippen molar-refractivity contribution in [2.24, 2.45) is 0 Å². The normalized spacial score (nSPS) is 14.7. The van der Waals surface area contributed by atoms with Crippen LogP contribution in [-0.4, -0.2) is 30.0 Å². The number of rotatable bonds is 4. The first-order valence-corrected chi connectivity index (χ1v) is 8.55. The fourth-order valence-corrected chi connectivity index (χ4v) is 3.94. The van der Waals surface area contributed by atoms with Crippen LogP contribution in [0.1, 0.15) is 18.5 Å². The van der Waals surface area contributed by atoms with Gasteiger partial charge in [0, 0.05) is 11.4 Å². The Labute approximate surface area is 150 Å². The standard InChI is InChI=1S/C14H17N3OS2.2ClH/c18-13(16-10-3-5-15-6-4-10)8-11-9-20-14(17-11)12-2-1-7-19-12;;/h1-2,7,9-10,15H,3-6,8H2,(H,16,18);2*1H. The van der Waals surface area contributed by atoms with Crippen LogP contribution in [0.15, 0.2) is 22.9 Å². The Balaban J connectivity index is 0.00000121. The number of nitrogens with one attached hydrogen (secondary N) is 2. The van der Waals surface area contributed by atoms with E-state index in [1.807, 2.05) is 16.8 Å². The highest BCUT2D eigenvalue weighted by Gasteiger charge is 2.16. The minimum atomic E-state index is 0. The van der Waals surface area contributed by atoms with Crippen molar-refractivity contribution < 1.29 is 4.79 Å². The van der Waals surface area contributed by atoms with E-state index in [2.05, 4.69) is 21.7 Å². The fraction of sp³-hybridized carbons (Fsp3) is 0.429. The van der Waals surface area contributed by atoms with Gasteiger partial charge in [0.1, 0.15) is 5.01 Å². The number of halogens is 2. The maximum atomic E-state index is 12.0. The van der Waals surface area contributed by atoms with Crippen LogP contribution in [0.5, 0.6) is 0 Å². The molecule has 1 amide bonds. The van der Waals surface area contributed by atoms with Crippen molar-refractivity contribution in [3.05, 3.63) is 28.6 Å². The molecule has 2 aromatic heterocycles. The van der Waals surface area contributed by atoms with Gasteiger partial charge in [-0.1, -0.05) is 6.07 Å². The zero-order valence-electron chi connectivity index (χ0n) is 11.9. The quantitative estimate of drug-likeness (QED) is 0.857. The Morgan fingerprint density at radius 1 is 1.32 bits per heavy atom. The number of carbonyl (C=O) groups is 1. The Morgan fingerprint density at radius 2 is 2.09 bits per heavy atom.